The van der Waals surface area contributed by atoms with E-state index in [0.717, 1.165) is 27.7 Å². The number of allylic oxidation sites excluding steroid dienone is 2. The lowest BCUT2D eigenvalue weighted by Gasteiger charge is -2.30. The number of imide groups is 1. The first-order valence-electron chi connectivity index (χ1n) is 13.1. The second-order valence-corrected chi connectivity index (χ2v) is 10.1. The maximum absolute atomic E-state index is 13.6. The average Bonchev–Trinajstić information content (AvgIpc) is 3.24. The molecule has 11 heteroatoms. The molecule has 3 aromatic carbocycles. The SMILES string of the molecule is CC1=CC[C@@H]2C(=O)N(N(CC(=O)c3ccc(OC(=O)c4ccccc4)cc3)C(=O)c3ccc([N+](=O)[O-])cc3)C(=O)[C@H]2C1. The first-order valence-corrected chi connectivity index (χ1v) is 13.1. The van der Waals surface area contributed by atoms with Crippen LogP contribution < -0.4 is 4.74 Å². The summed E-state index contributed by atoms with van der Waals surface area (Å²) < 4.78 is 5.35. The number of hydrazine groups is 1. The van der Waals surface area contributed by atoms with E-state index >= 15 is 0 Å². The van der Waals surface area contributed by atoms with Crippen LogP contribution in [0.2, 0.25) is 0 Å². The number of nitro groups is 1. The van der Waals surface area contributed by atoms with Gasteiger partial charge >= 0.3 is 5.97 Å². The molecule has 2 aliphatic rings. The van der Waals surface area contributed by atoms with E-state index in [1.807, 2.05) is 13.0 Å². The van der Waals surface area contributed by atoms with Crippen molar-refractivity contribution in [2.24, 2.45) is 11.8 Å². The standard InChI is InChI=1S/C31H25N3O8/c1-19-7-16-25-26(17-19)30(38)33(29(25)37)32(28(36)21-8-12-23(13-9-21)34(40)41)18-27(35)20-10-14-24(15-11-20)42-31(39)22-5-3-2-4-6-22/h2-15,25-26H,16-18H2,1H3/t25-,26-/m0/s1. The molecular weight excluding hydrogens is 542 g/mol. The summed E-state index contributed by atoms with van der Waals surface area (Å²) >= 11 is 0. The zero-order chi connectivity index (χ0) is 30.0. The number of non-ortho nitro benzene ring substituents is 1. The molecule has 0 saturated carbocycles. The third kappa shape index (κ3) is 5.57. The highest BCUT2D eigenvalue weighted by Gasteiger charge is 2.51. The predicted molar refractivity (Wildman–Crippen MR) is 148 cm³/mol. The van der Waals surface area contributed by atoms with Crippen molar-refractivity contribution in [1.29, 1.82) is 0 Å². The lowest BCUT2D eigenvalue weighted by molar-refractivity contribution is -0.384. The number of amides is 3. The first kappa shape index (κ1) is 28.1. The molecule has 1 fully saturated rings. The average molecular weight is 568 g/mol. The van der Waals surface area contributed by atoms with E-state index in [9.17, 15) is 34.1 Å². The Kier molecular flexibility index (Phi) is 7.74. The fraction of sp³-hybridized carbons (Fsp3) is 0.194. The van der Waals surface area contributed by atoms with Crippen molar-refractivity contribution in [2.75, 3.05) is 6.54 Å². The molecule has 0 bridgehead atoms. The minimum atomic E-state index is -0.836. The lowest BCUT2D eigenvalue weighted by atomic mass is 9.82. The highest BCUT2D eigenvalue weighted by molar-refractivity contribution is 6.10. The second kappa shape index (κ2) is 11.6. The summed E-state index contributed by atoms with van der Waals surface area (Å²) in [6, 6.07) is 18.7. The lowest BCUT2D eigenvalue weighted by Crippen LogP contribution is -2.52. The molecule has 0 N–H and O–H groups in total. The van der Waals surface area contributed by atoms with Crippen LogP contribution in [0.4, 0.5) is 5.69 Å². The molecule has 5 rings (SSSR count). The Morgan fingerprint density at radius 2 is 1.50 bits per heavy atom. The Balaban J connectivity index is 1.39. The zero-order valence-corrected chi connectivity index (χ0v) is 22.5. The van der Waals surface area contributed by atoms with Crippen molar-refractivity contribution in [1.82, 2.24) is 10.0 Å². The predicted octanol–water partition coefficient (Wildman–Crippen LogP) is 4.40. The highest BCUT2D eigenvalue weighted by atomic mass is 16.6. The van der Waals surface area contributed by atoms with Crippen molar-refractivity contribution in [3.05, 3.63) is 117 Å². The summed E-state index contributed by atoms with van der Waals surface area (Å²) in [6.07, 6.45) is 2.59. The van der Waals surface area contributed by atoms with Crippen LogP contribution in [-0.4, -0.2) is 51.0 Å². The fourth-order valence-corrected chi connectivity index (χ4v) is 5.04. The molecule has 3 amide bonds. The van der Waals surface area contributed by atoms with Gasteiger partial charge in [0.1, 0.15) is 12.3 Å². The van der Waals surface area contributed by atoms with E-state index in [1.54, 1.807) is 30.3 Å². The number of Topliss-reactive ketones (excluding diaryl/α,β-unsaturated/α-hetero) is 1. The van der Waals surface area contributed by atoms with Gasteiger partial charge in [0.25, 0.3) is 23.4 Å². The molecule has 0 aromatic heterocycles. The van der Waals surface area contributed by atoms with E-state index < -0.39 is 52.8 Å². The topological polar surface area (TPSA) is 144 Å². The number of esters is 1. The zero-order valence-electron chi connectivity index (χ0n) is 22.5. The van der Waals surface area contributed by atoms with Gasteiger partial charge in [-0.25, -0.2) is 9.80 Å². The monoisotopic (exact) mass is 567 g/mol. The summed E-state index contributed by atoms with van der Waals surface area (Å²) in [6.45, 7) is 1.21. The summed E-state index contributed by atoms with van der Waals surface area (Å²) in [5.74, 6) is -4.27. The van der Waals surface area contributed by atoms with Crippen LogP contribution >= 0.6 is 0 Å². The van der Waals surface area contributed by atoms with E-state index in [4.69, 9.17) is 4.74 Å². The highest BCUT2D eigenvalue weighted by Crippen LogP contribution is 2.38. The van der Waals surface area contributed by atoms with Crippen LogP contribution in [0.1, 0.15) is 50.8 Å². The summed E-state index contributed by atoms with van der Waals surface area (Å²) in [5, 5.41) is 12.6. The normalized spacial score (nSPS) is 17.7. The number of hydrogen-bond donors (Lipinski definition) is 0. The van der Waals surface area contributed by atoms with Gasteiger partial charge in [-0.1, -0.05) is 29.8 Å². The number of ketones is 1. The minimum absolute atomic E-state index is 0.0404. The molecule has 1 heterocycles. The van der Waals surface area contributed by atoms with Crippen LogP contribution in [-0.2, 0) is 9.59 Å². The number of carbonyl (C=O) groups is 5. The van der Waals surface area contributed by atoms with Gasteiger partial charge in [-0.2, -0.15) is 5.01 Å². The van der Waals surface area contributed by atoms with Crippen LogP contribution in [0.3, 0.4) is 0 Å². The second-order valence-electron chi connectivity index (χ2n) is 10.1. The van der Waals surface area contributed by atoms with Crippen molar-refractivity contribution in [3.63, 3.8) is 0 Å². The van der Waals surface area contributed by atoms with Gasteiger partial charge in [-0.3, -0.25) is 29.3 Å². The van der Waals surface area contributed by atoms with E-state index in [2.05, 4.69) is 0 Å². The molecule has 212 valence electrons. The minimum Gasteiger partial charge on any atom is -0.423 e. The first-order chi connectivity index (χ1) is 20.1. The fourth-order valence-electron chi connectivity index (χ4n) is 5.04. The van der Waals surface area contributed by atoms with E-state index in [-0.39, 0.29) is 22.6 Å². The van der Waals surface area contributed by atoms with Crippen LogP contribution in [0.15, 0.2) is 90.5 Å². The summed E-state index contributed by atoms with van der Waals surface area (Å²) in [5.41, 5.74) is 1.16. The van der Waals surface area contributed by atoms with Gasteiger partial charge in [0.05, 0.1) is 22.3 Å². The molecule has 0 radical (unpaired) electrons. The smallest absolute Gasteiger partial charge is 0.343 e. The van der Waals surface area contributed by atoms with Crippen molar-refractivity contribution in [2.45, 2.75) is 19.8 Å². The number of hydrogen-bond acceptors (Lipinski definition) is 8. The summed E-state index contributed by atoms with van der Waals surface area (Å²) in [4.78, 5) is 76.6. The number of nitro benzene ring substituents is 1. The molecule has 1 aliphatic carbocycles. The molecule has 0 spiro atoms. The molecule has 1 aliphatic heterocycles. The van der Waals surface area contributed by atoms with Gasteiger partial charge in [-0.05, 0) is 68.3 Å². The molecule has 3 aromatic rings. The largest absolute Gasteiger partial charge is 0.423 e. The van der Waals surface area contributed by atoms with Crippen molar-refractivity contribution >= 4 is 35.2 Å². The number of benzene rings is 3. The molecule has 1 saturated heterocycles. The van der Waals surface area contributed by atoms with Gasteiger partial charge < -0.3 is 4.74 Å². The van der Waals surface area contributed by atoms with Gasteiger partial charge in [-0.15, -0.1) is 0 Å². The van der Waals surface area contributed by atoms with Gasteiger partial charge in [0.2, 0.25) is 0 Å². The molecular formula is C31H25N3O8. The third-order valence-corrected chi connectivity index (χ3v) is 7.29. The maximum Gasteiger partial charge on any atom is 0.343 e. The number of ether oxygens (including phenoxy) is 1. The molecule has 11 nitrogen and oxygen atoms in total. The van der Waals surface area contributed by atoms with Gasteiger partial charge in [0.15, 0.2) is 5.78 Å². The van der Waals surface area contributed by atoms with Gasteiger partial charge in [0, 0.05) is 23.3 Å². The Morgan fingerprint density at radius 3 is 2.14 bits per heavy atom. The number of fused-ring (bicyclic) bond motifs is 1. The van der Waals surface area contributed by atoms with Crippen LogP contribution in [0.25, 0.3) is 0 Å². The maximum atomic E-state index is 13.6. The van der Waals surface area contributed by atoms with Crippen LogP contribution in [0.5, 0.6) is 5.75 Å². The molecule has 0 unspecified atom stereocenters. The number of carbonyl (C=O) groups excluding carboxylic acids is 5. The van der Waals surface area contributed by atoms with Crippen molar-refractivity contribution < 1.29 is 33.6 Å². The Bertz CT molecular complexity index is 1610. The van der Waals surface area contributed by atoms with E-state index in [1.165, 1.54) is 36.4 Å². The van der Waals surface area contributed by atoms with Crippen molar-refractivity contribution in [3.8, 4) is 5.75 Å². The quantitative estimate of drug-likeness (QED) is 0.0741. The Labute approximate surface area is 240 Å². The third-order valence-electron chi connectivity index (χ3n) is 7.29. The number of nitrogens with zero attached hydrogens (tertiary/aromatic N) is 3. The molecule has 2 atom stereocenters. The number of rotatable bonds is 8. The van der Waals surface area contributed by atoms with Crippen LogP contribution in [0, 0.1) is 22.0 Å². The van der Waals surface area contributed by atoms with E-state index in [0.29, 0.717) is 18.4 Å². The Hall–Kier alpha value is -5.45. The summed E-state index contributed by atoms with van der Waals surface area (Å²) in [7, 11) is 0. The molecule has 42 heavy (non-hydrogen) atoms. The Morgan fingerprint density at radius 1 is 0.881 bits per heavy atom.